The van der Waals surface area contributed by atoms with Crippen molar-refractivity contribution in [3.8, 4) is 33.8 Å². The summed E-state index contributed by atoms with van der Waals surface area (Å²) in [6.07, 6.45) is 3.75. The first-order valence-corrected chi connectivity index (χ1v) is 9.04. The summed E-state index contributed by atoms with van der Waals surface area (Å²) < 4.78 is 0. The van der Waals surface area contributed by atoms with Crippen molar-refractivity contribution in [2.75, 3.05) is 6.54 Å². The minimum atomic E-state index is 0.0772. The molecular formula is C23H27NO2. The van der Waals surface area contributed by atoms with Crippen molar-refractivity contribution < 1.29 is 10.2 Å². The quantitative estimate of drug-likeness (QED) is 0.528. The lowest BCUT2D eigenvalue weighted by Crippen LogP contribution is -1.96. The number of phenolic OH excluding ortho intramolecular Hbond substituents is 2. The van der Waals surface area contributed by atoms with E-state index in [0.29, 0.717) is 5.56 Å². The van der Waals surface area contributed by atoms with E-state index in [1.54, 1.807) is 18.2 Å². The molecule has 0 atom stereocenters. The molecule has 0 bridgehead atoms. The predicted molar refractivity (Wildman–Crippen MR) is 109 cm³/mol. The summed E-state index contributed by atoms with van der Waals surface area (Å²) in [5, 5.41) is 20.1. The molecule has 0 heterocycles. The normalized spacial score (nSPS) is 10.1. The number of nitrogens with two attached hydrogens (primary N) is 1. The summed E-state index contributed by atoms with van der Waals surface area (Å²) in [6.45, 7) is 3.03. The van der Waals surface area contributed by atoms with Crippen LogP contribution < -0.4 is 5.73 Å². The van der Waals surface area contributed by atoms with Gasteiger partial charge in [-0.2, -0.15) is 0 Å². The van der Waals surface area contributed by atoms with Gasteiger partial charge in [-0.15, -0.1) is 0 Å². The fourth-order valence-corrected chi connectivity index (χ4v) is 2.77. The zero-order valence-electron chi connectivity index (χ0n) is 15.2. The number of hydrogen-bond acceptors (Lipinski definition) is 3. The van der Waals surface area contributed by atoms with Gasteiger partial charge in [0.15, 0.2) is 0 Å². The van der Waals surface area contributed by atoms with Gasteiger partial charge in [0.25, 0.3) is 0 Å². The fourth-order valence-electron chi connectivity index (χ4n) is 2.77. The third-order valence-electron chi connectivity index (χ3n) is 4.11. The van der Waals surface area contributed by atoms with Gasteiger partial charge in [0.05, 0.1) is 5.56 Å². The van der Waals surface area contributed by atoms with Gasteiger partial charge in [-0.1, -0.05) is 80.4 Å². The van der Waals surface area contributed by atoms with E-state index in [2.05, 4.69) is 6.92 Å². The minimum absolute atomic E-state index is 0.0772. The molecule has 0 aromatic heterocycles. The van der Waals surface area contributed by atoms with E-state index >= 15 is 0 Å². The molecule has 0 spiro atoms. The lowest BCUT2D eigenvalue weighted by atomic mass is 9.93. The summed E-state index contributed by atoms with van der Waals surface area (Å²) in [7, 11) is 0. The maximum Gasteiger partial charge on any atom is 0.127 e. The summed E-state index contributed by atoms with van der Waals surface area (Å²) in [5.41, 5.74) is 8.52. The Kier molecular flexibility index (Phi) is 7.72. The lowest BCUT2D eigenvalue weighted by Gasteiger charge is -2.12. The number of phenols is 2. The molecule has 3 rings (SSSR count). The molecule has 0 amide bonds. The van der Waals surface area contributed by atoms with Crippen LogP contribution in [0.5, 0.6) is 11.5 Å². The monoisotopic (exact) mass is 349 g/mol. The molecule has 0 saturated heterocycles. The van der Waals surface area contributed by atoms with Crippen LogP contribution in [0.2, 0.25) is 0 Å². The van der Waals surface area contributed by atoms with Crippen molar-refractivity contribution in [1.82, 2.24) is 0 Å². The fraction of sp³-hybridized carbons (Fsp3) is 0.217. The molecular weight excluding hydrogens is 322 g/mol. The smallest absolute Gasteiger partial charge is 0.127 e. The minimum Gasteiger partial charge on any atom is -0.507 e. The molecule has 0 aliphatic heterocycles. The van der Waals surface area contributed by atoms with Crippen LogP contribution >= 0.6 is 0 Å². The van der Waals surface area contributed by atoms with Gasteiger partial charge in [-0.3, -0.25) is 0 Å². The van der Waals surface area contributed by atoms with Crippen molar-refractivity contribution in [3.05, 3.63) is 72.8 Å². The molecule has 0 aliphatic rings. The van der Waals surface area contributed by atoms with Crippen molar-refractivity contribution in [2.45, 2.75) is 26.2 Å². The second kappa shape index (κ2) is 10.3. The number of hydrogen-bond donors (Lipinski definition) is 3. The van der Waals surface area contributed by atoms with Gasteiger partial charge in [-0.25, -0.2) is 0 Å². The van der Waals surface area contributed by atoms with Crippen molar-refractivity contribution in [1.29, 1.82) is 0 Å². The van der Waals surface area contributed by atoms with Crippen LogP contribution in [0, 0.1) is 0 Å². The van der Waals surface area contributed by atoms with E-state index in [4.69, 9.17) is 5.73 Å². The first-order chi connectivity index (χ1) is 12.7. The zero-order valence-corrected chi connectivity index (χ0v) is 15.2. The molecule has 0 radical (unpaired) electrons. The Morgan fingerprint density at radius 1 is 0.692 bits per heavy atom. The van der Waals surface area contributed by atoms with Crippen molar-refractivity contribution in [2.24, 2.45) is 5.73 Å². The van der Waals surface area contributed by atoms with Crippen LogP contribution in [0.15, 0.2) is 72.8 Å². The zero-order chi connectivity index (χ0) is 18.8. The van der Waals surface area contributed by atoms with E-state index in [1.807, 2.05) is 54.6 Å². The largest absolute Gasteiger partial charge is 0.507 e. The van der Waals surface area contributed by atoms with Gasteiger partial charge in [0.1, 0.15) is 11.5 Å². The number of benzene rings is 3. The SMILES string of the molecule is CCCCCN.Oc1cccc(O)c1-c1ccccc1-c1ccccc1. The summed E-state index contributed by atoms with van der Waals surface area (Å²) >= 11 is 0. The topological polar surface area (TPSA) is 66.5 Å². The van der Waals surface area contributed by atoms with Gasteiger partial charge < -0.3 is 15.9 Å². The molecule has 3 aromatic carbocycles. The van der Waals surface area contributed by atoms with E-state index in [0.717, 1.165) is 23.2 Å². The van der Waals surface area contributed by atoms with E-state index in [9.17, 15) is 10.2 Å². The maximum atomic E-state index is 10.1. The Labute approximate surface area is 155 Å². The number of rotatable bonds is 5. The highest BCUT2D eigenvalue weighted by Crippen LogP contribution is 2.41. The van der Waals surface area contributed by atoms with Crippen LogP contribution in [0.1, 0.15) is 26.2 Å². The Morgan fingerprint density at radius 3 is 1.81 bits per heavy atom. The van der Waals surface area contributed by atoms with Crippen LogP contribution in [0.25, 0.3) is 22.3 Å². The number of aromatic hydroxyl groups is 2. The standard InChI is InChI=1S/C18H14O2.C5H13N/c19-16-11-6-12-17(20)18(16)15-10-5-4-9-14(15)13-7-2-1-3-8-13;1-2-3-4-5-6/h1-12,19-20H;2-6H2,1H3. The highest BCUT2D eigenvalue weighted by molar-refractivity contribution is 5.88. The van der Waals surface area contributed by atoms with E-state index < -0.39 is 0 Å². The van der Waals surface area contributed by atoms with E-state index in [-0.39, 0.29) is 11.5 Å². The van der Waals surface area contributed by atoms with E-state index in [1.165, 1.54) is 19.3 Å². The second-order valence-corrected chi connectivity index (χ2v) is 6.08. The molecule has 3 heteroatoms. The highest BCUT2D eigenvalue weighted by Gasteiger charge is 2.13. The van der Waals surface area contributed by atoms with Gasteiger partial charge in [-0.05, 0) is 41.8 Å². The summed E-state index contributed by atoms with van der Waals surface area (Å²) in [6, 6.07) is 22.4. The molecule has 0 aliphatic carbocycles. The van der Waals surface area contributed by atoms with Crippen LogP contribution in [0.4, 0.5) is 0 Å². The molecule has 136 valence electrons. The average molecular weight is 349 g/mol. The van der Waals surface area contributed by atoms with Gasteiger partial charge >= 0.3 is 0 Å². The highest BCUT2D eigenvalue weighted by atomic mass is 16.3. The van der Waals surface area contributed by atoms with Crippen molar-refractivity contribution in [3.63, 3.8) is 0 Å². The molecule has 3 nitrogen and oxygen atoms in total. The Bertz CT molecular complexity index is 776. The maximum absolute atomic E-state index is 10.1. The second-order valence-electron chi connectivity index (χ2n) is 6.08. The predicted octanol–water partition coefficient (Wildman–Crippen LogP) is 5.57. The summed E-state index contributed by atoms with van der Waals surface area (Å²) in [4.78, 5) is 0. The first-order valence-electron chi connectivity index (χ1n) is 9.04. The Morgan fingerprint density at radius 2 is 1.27 bits per heavy atom. The molecule has 0 unspecified atom stereocenters. The van der Waals surface area contributed by atoms with Crippen LogP contribution in [-0.2, 0) is 0 Å². The third kappa shape index (κ3) is 5.11. The molecule has 0 saturated carbocycles. The Hall–Kier alpha value is -2.78. The molecule has 4 N–H and O–H groups in total. The van der Waals surface area contributed by atoms with Gasteiger partial charge in [0.2, 0.25) is 0 Å². The van der Waals surface area contributed by atoms with Crippen LogP contribution in [-0.4, -0.2) is 16.8 Å². The Balaban J connectivity index is 0.000000352. The van der Waals surface area contributed by atoms with Crippen molar-refractivity contribution >= 4 is 0 Å². The molecule has 0 fully saturated rings. The molecule has 26 heavy (non-hydrogen) atoms. The van der Waals surface area contributed by atoms with Gasteiger partial charge in [0, 0.05) is 0 Å². The third-order valence-corrected chi connectivity index (χ3v) is 4.11. The first kappa shape index (κ1) is 19.5. The summed E-state index contributed by atoms with van der Waals surface area (Å²) in [5.74, 6) is 0.154. The average Bonchev–Trinajstić information content (AvgIpc) is 2.68. The van der Waals surface area contributed by atoms with Crippen LogP contribution in [0.3, 0.4) is 0 Å². The lowest BCUT2D eigenvalue weighted by molar-refractivity contribution is 0.454. The number of unbranched alkanes of at least 4 members (excludes halogenated alkanes) is 2. The molecule has 3 aromatic rings.